The van der Waals surface area contributed by atoms with Gasteiger partial charge in [0.2, 0.25) is 5.91 Å². The fourth-order valence-corrected chi connectivity index (χ4v) is 4.80. The number of aromatic carboxylic acids is 1. The van der Waals surface area contributed by atoms with Gasteiger partial charge in [0.1, 0.15) is 10.7 Å². The summed E-state index contributed by atoms with van der Waals surface area (Å²) in [5.74, 6) is -2.16. The van der Waals surface area contributed by atoms with Gasteiger partial charge in [-0.1, -0.05) is 18.2 Å². The number of carbonyl (C=O) groups is 2. The number of methoxy groups -OCH3 is 1. The van der Waals surface area contributed by atoms with Crippen molar-refractivity contribution in [3.8, 4) is 22.6 Å². The van der Waals surface area contributed by atoms with Crippen LogP contribution >= 0.6 is 11.3 Å². The number of ether oxygens (including phenoxy) is 1. The van der Waals surface area contributed by atoms with Crippen molar-refractivity contribution >= 4 is 28.9 Å². The highest BCUT2D eigenvalue weighted by Gasteiger charge is 2.34. The van der Waals surface area contributed by atoms with E-state index in [1.54, 1.807) is 18.2 Å². The third-order valence-electron chi connectivity index (χ3n) is 4.82. The number of phenolic OH excluding ortho intramolecular Hbond substituents is 1. The lowest BCUT2D eigenvalue weighted by Gasteiger charge is -2.24. The van der Waals surface area contributed by atoms with Gasteiger partial charge in [0.25, 0.3) is 0 Å². The fourth-order valence-electron chi connectivity index (χ4n) is 3.55. The van der Waals surface area contributed by atoms with E-state index in [4.69, 9.17) is 4.74 Å². The molecule has 4 rings (SSSR count). The average molecular weight is 413 g/mol. The highest BCUT2D eigenvalue weighted by atomic mass is 32.1. The van der Waals surface area contributed by atoms with Gasteiger partial charge >= 0.3 is 5.97 Å². The number of thiophene rings is 1. The second kappa shape index (κ2) is 7.21. The summed E-state index contributed by atoms with van der Waals surface area (Å²) in [5, 5.41) is 22.6. The molecule has 0 saturated carbocycles. The first-order valence-electron chi connectivity index (χ1n) is 8.71. The van der Waals surface area contributed by atoms with Crippen LogP contribution in [0.4, 0.5) is 10.1 Å². The van der Waals surface area contributed by atoms with Crippen molar-refractivity contribution in [1.29, 1.82) is 0 Å². The summed E-state index contributed by atoms with van der Waals surface area (Å²) >= 11 is 1.04. The standard InChI is InChI=1S/C21H16FNO5S/c1-28-15-6-5-10(8-14(15)24)13-9-16(25)23-18-17(11-3-2-4-12(22)7-11)20(21(26)27)29-19(13)18/h2-8,13,24H,9H2,1H3,(H,23,25)(H,26,27)/t13-/m0/s1. The lowest BCUT2D eigenvalue weighted by molar-refractivity contribution is -0.116. The van der Waals surface area contributed by atoms with Crippen molar-refractivity contribution < 1.29 is 28.9 Å². The Morgan fingerprint density at radius 1 is 1.28 bits per heavy atom. The summed E-state index contributed by atoms with van der Waals surface area (Å²) in [7, 11) is 1.44. The van der Waals surface area contributed by atoms with Crippen molar-refractivity contribution in [2.45, 2.75) is 12.3 Å². The molecule has 1 aliphatic rings. The van der Waals surface area contributed by atoms with E-state index in [1.165, 1.54) is 31.4 Å². The van der Waals surface area contributed by atoms with Crippen LogP contribution in [0.25, 0.3) is 11.1 Å². The molecule has 29 heavy (non-hydrogen) atoms. The van der Waals surface area contributed by atoms with Crippen LogP contribution in [-0.2, 0) is 4.79 Å². The number of carboxylic acid groups (broad SMARTS) is 1. The minimum atomic E-state index is -1.16. The SMILES string of the molecule is COc1ccc([C@@H]2CC(=O)Nc3c2sc(C(=O)O)c3-c2cccc(F)c2)cc1O. The summed E-state index contributed by atoms with van der Waals surface area (Å²) in [4.78, 5) is 25.0. The zero-order chi connectivity index (χ0) is 20.7. The van der Waals surface area contributed by atoms with Gasteiger partial charge in [-0.25, -0.2) is 9.18 Å². The van der Waals surface area contributed by atoms with Crippen molar-refractivity contribution in [3.05, 3.63) is 63.6 Å². The van der Waals surface area contributed by atoms with E-state index in [0.717, 1.165) is 11.3 Å². The molecular weight excluding hydrogens is 397 g/mol. The molecule has 1 aliphatic heterocycles. The number of hydrogen-bond donors (Lipinski definition) is 3. The predicted octanol–water partition coefficient (Wildman–Crippen LogP) is 4.44. The lowest BCUT2D eigenvalue weighted by atomic mass is 9.88. The number of halogens is 1. The Hall–Kier alpha value is -3.39. The number of aromatic hydroxyl groups is 1. The predicted molar refractivity (Wildman–Crippen MR) is 106 cm³/mol. The molecule has 2 aromatic carbocycles. The molecule has 1 aromatic heterocycles. The van der Waals surface area contributed by atoms with E-state index in [1.807, 2.05) is 0 Å². The van der Waals surface area contributed by atoms with Gasteiger partial charge in [0, 0.05) is 22.8 Å². The molecule has 8 heteroatoms. The van der Waals surface area contributed by atoms with Gasteiger partial charge in [0.05, 0.1) is 12.8 Å². The Balaban J connectivity index is 1.92. The number of benzene rings is 2. The van der Waals surface area contributed by atoms with Gasteiger partial charge in [-0.15, -0.1) is 11.3 Å². The minimum absolute atomic E-state index is 0.0190. The molecule has 1 atom stereocenters. The first kappa shape index (κ1) is 18.9. The van der Waals surface area contributed by atoms with E-state index >= 15 is 0 Å². The lowest BCUT2D eigenvalue weighted by Crippen LogP contribution is -2.22. The zero-order valence-electron chi connectivity index (χ0n) is 15.2. The normalized spacial score (nSPS) is 15.5. The van der Waals surface area contributed by atoms with E-state index < -0.39 is 17.7 Å². The Labute approximate surface area is 169 Å². The fraction of sp³-hybridized carbons (Fsp3) is 0.143. The molecule has 1 amide bonds. The van der Waals surface area contributed by atoms with Crippen LogP contribution < -0.4 is 10.1 Å². The molecule has 3 aromatic rings. The van der Waals surface area contributed by atoms with Crippen molar-refractivity contribution in [1.82, 2.24) is 0 Å². The van der Waals surface area contributed by atoms with E-state index in [-0.39, 0.29) is 28.5 Å². The number of nitrogens with one attached hydrogen (secondary N) is 1. The van der Waals surface area contributed by atoms with E-state index in [2.05, 4.69) is 5.32 Å². The molecule has 6 nitrogen and oxygen atoms in total. The van der Waals surface area contributed by atoms with E-state index in [9.17, 15) is 24.2 Å². The van der Waals surface area contributed by atoms with Gasteiger partial charge in [-0.05, 0) is 35.4 Å². The molecule has 0 fully saturated rings. The molecule has 148 valence electrons. The van der Waals surface area contributed by atoms with Crippen LogP contribution in [0.15, 0.2) is 42.5 Å². The second-order valence-corrected chi connectivity index (χ2v) is 7.65. The Bertz CT molecular complexity index is 1140. The molecule has 2 heterocycles. The van der Waals surface area contributed by atoms with Crippen molar-refractivity contribution in [2.75, 3.05) is 12.4 Å². The maximum absolute atomic E-state index is 13.8. The molecule has 0 saturated heterocycles. The van der Waals surface area contributed by atoms with Crippen LogP contribution in [0, 0.1) is 5.82 Å². The highest BCUT2D eigenvalue weighted by Crippen LogP contribution is 2.50. The summed E-state index contributed by atoms with van der Waals surface area (Å²) in [6, 6.07) is 10.4. The van der Waals surface area contributed by atoms with E-state index in [0.29, 0.717) is 27.4 Å². The Morgan fingerprint density at radius 3 is 2.72 bits per heavy atom. The molecule has 0 bridgehead atoms. The van der Waals surface area contributed by atoms with Crippen LogP contribution in [-0.4, -0.2) is 29.2 Å². The topological polar surface area (TPSA) is 95.9 Å². The van der Waals surface area contributed by atoms with Crippen LogP contribution in [0.5, 0.6) is 11.5 Å². The third-order valence-corrected chi connectivity index (χ3v) is 6.11. The number of fused-ring (bicyclic) bond motifs is 1. The van der Waals surface area contributed by atoms with Gasteiger partial charge < -0.3 is 20.3 Å². The summed E-state index contributed by atoms with van der Waals surface area (Å²) in [5.41, 5.74) is 1.68. The first-order chi connectivity index (χ1) is 13.9. The smallest absolute Gasteiger partial charge is 0.346 e. The minimum Gasteiger partial charge on any atom is -0.504 e. The maximum atomic E-state index is 13.8. The molecular formula is C21H16FNO5S. The average Bonchev–Trinajstić information content (AvgIpc) is 3.07. The number of carbonyl (C=O) groups excluding carboxylic acids is 1. The summed E-state index contributed by atoms with van der Waals surface area (Å²) < 4.78 is 18.8. The summed E-state index contributed by atoms with van der Waals surface area (Å²) in [6.07, 6.45) is 0.0981. The molecule has 0 radical (unpaired) electrons. The number of hydrogen-bond acceptors (Lipinski definition) is 5. The Kier molecular flexibility index (Phi) is 4.71. The second-order valence-electron chi connectivity index (χ2n) is 6.60. The van der Waals surface area contributed by atoms with Crippen LogP contribution in [0.1, 0.15) is 32.5 Å². The monoisotopic (exact) mass is 413 g/mol. The first-order valence-corrected chi connectivity index (χ1v) is 9.53. The third kappa shape index (κ3) is 3.31. The number of rotatable bonds is 4. The highest BCUT2D eigenvalue weighted by molar-refractivity contribution is 7.15. The summed E-state index contributed by atoms with van der Waals surface area (Å²) in [6.45, 7) is 0. The maximum Gasteiger partial charge on any atom is 0.346 e. The Morgan fingerprint density at radius 2 is 2.07 bits per heavy atom. The quantitative estimate of drug-likeness (QED) is 0.588. The number of anilines is 1. The van der Waals surface area contributed by atoms with Crippen molar-refractivity contribution in [2.24, 2.45) is 0 Å². The van der Waals surface area contributed by atoms with Gasteiger partial charge in [-0.2, -0.15) is 0 Å². The number of phenols is 1. The number of carboxylic acids is 1. The van der Waals surface area contributed by atoms with Crippen LogP contribution in [0.2, 0.25) is 0 Å². The number of amides is 1. The van der Waals surface area contributed by atoms with Gasteiger partial charge in [0.15, 0.2) is 11.5 Å². The molecule has 0 aliphatic carbocycles. The molecule has 0 unspecified atom stereocenters. The molecule has 3 N–H and O–H groups in total. The van der Waals surface area contributed by atoms with Crippen molar-refractivity contribution in [3.63, 3.8) is 0 Å². The zero-order valence-corrected chi connectivity index (χ0v) is 16.0. The van der Waals surface area contributed by atoms with Gasteiger partial charge in [-0.3, -0.25) is 4.79 Å². The molecule has 0 spiro atoms. The van der Waals surface area contributed by atoms with Crippen LogP contribution in [0.3, 0.4) is 0 Å². The largest absolute Gasteiger partial charge is 0.504 e.